The largest absolute Gasteiger partial charge is 0.361 e. The Hall–Kier alpha value is -1.32. The van der Waals surface area contributed by atoms with Gasteiger partial charge in [-0.25, -0.2) is 0 Å². The predicted molar refractivity (Wildman–Crippen MR) is 83.5 cm³/mol. The van der Waals surface area contributed by atoms with E-state index < -0.39 is 0 Å². The smallest absolute Gasteiger partial charge is 0.257 e. The first kappa shape index (κ1) is 14.3. The molecule has 1 aromatic heterocycles. The summed E-state index contributed by atoms with van der Waals surface area (Å²) in [5, 5.41) is 7.18. The molecule has 1 aromatic rings. The van der Waals surface area contributed by atoms with Crippen LogP contribution in [0.3, 0.4) is 0 Å². The molecule has 1 N–H and O–H groups in total. The first-order valence-corrected chi connectivity index (χ1v) is 8.70. The van der Waals surface area contributed by atoms with Crippen LogP contribution in [0.15, 0.2) is 4.52 Å². The summed E-state index contributed by atoms with van der Waals surface area (Å²) in [6, 6.07) is 0.238. The number of hydrogen-bond donors (Lipinski definition) is 1. The average Bonchev–Trinajstić information content (AvgIpc) is 2.76. The number of rotatable bonds is 3. The topological polar surface area (TPSA) is 55.1 Å². The SMILES string of the molecule is Cc1noc(C)c1C(=O)N[C@@H](C)C12CC3CC(CC(C3)C1)C2. The highest BCUT2D eigenvalue weighted by Gasteiger charge is 2.53. The molecule has 4 fully saturated rings. The summed E-state index contributed by atoms with van der Waals surface area (Å²) < 4.78 is 5.14. The van der Waals surface area contributed by atoms with Gasteiger partial charge in [-0.3, -0.25) is 4.79 Å². The van der Waals surface area contributed by atoms with Gasteiger partial charge in [0.15, 0.2) is 0 Å². The molecule has 0 radical (unpaired) electrons. The van der Waals surface area contributed by atoms with E-state index in [4.69, 9.17) is 4.52 Å². The van der Waals surface area contributed by atoms with Gasteiger partial charge < -0.3 is 9.84 Å². The van der Waals surface area contributed by atoms with E-state index in [1.807, 2.05) is 13.8 Å². The van der Waals surface area contributed by atoms with Gasteiger partial charge in [0.2, 0.25) is 0 Å². The third kappa shape index (κ3) is 2.10. The lowest BCUT2D eigenvalue weighted by Crippen LogP contribution is -2.55. The Balaban J connectivity index is 1.53. The van der Waals surface area contributed by atoms with Gasteiger partial charge in [-0.15, -0.1) is 0 Å². The molecule has 4 heteroatoms. The lowest BCUT2D eigenvalue weighted by atomic mass is 9.48. The second-order valence-corrected chi connectivity index (χ2v) is 8.17. The maximum atomic E-state index is 12.6. The number of nitrogens with one attached hydrogen (secondary N) is 1. The van der Waals surface area contributed by atoms with Gasteiger partial charge in [-0.2, -0.15) is 0 Å². The molecule has 5 rings (SSSR count). The number of nitrogens with zero attached hydrogens (tertiary/aromatic N) is 1. The van der Waals surface area contributed by atoms with Crippen molar-refractivity contribution in [2.24, 2.45) is 23.2 Å². The fourth-order valence-electron chi connectivity index (χ4n) is 5.94. The van der Waals surface area contributed by atoms with E-state index in [0.717, 1.165) is 17.8 Å². The highest BCUT2D eigenvalue weighted by molar-refractivity contribution is 5.96. The number of aryl methyl sites for hydroxylation is 2. The van der Waals surface area contributed by atoms with Gasteiger partial charge in [0.1, 0.15) is 11.3 Å². The highest BCUT2D eigenvalue weighted by Crippen LogP contribution is 2.61. The molecule has 4 nitrogen and oxygen atoms in total. The normalized spacial score (nSPS) is 37.3. The summed E-state index contributed by atoms with van der Waals surface area (Å²) in [5.74, 6) is 3.33. The van der Waals surface area contributed by atoms with E-state index in [1.165, 1.54) is 38.5 Å². The standard InChI is InChI=1S/C18H26N2O2/c1-10-16(11(2)22-20-10)17(21)19-12(3)18-7-13-4-14(8-18)6-15(5-13)9-18/h12-15H,4-9H2,1-3H3,(H,19,21)/t12-,13?,14?,15?,18?/m0/s1. The number of amides is 1. The average molecular weight is 302 g/mol. The molecular formula is C18H26N2O2. The maximum Gasteiger partial charge on any atom is 0.257 e. The van der Waals surface area contributed by atoms with Crippen molar-refractivity contribution in [1.29, 1.82) is 0 Å². The van der Waals surface area contributed by atoms with Crippen LogP contribution >= 0.6 is 0 Å². The van der Waals surface area contributed by atoms with Crippen molar-refractivity contribution in [3.63, 3.8) is 0 Å². The van der Waals surface area contributed by atoms with Crippen LogP contribution in [0.5, 0.6) is 0 Å². The van der Waals surface area contributed by atoms with Crippen LogP contribution in [0.2, 0.25) is 0 Å². The van der Waals surface area contributed by atoms with Gasteiger partial charge in [-0.05, 0) is 82.5 Å². The molecule has 4 bridgehead atoms. The quantitative estimate of drug-likeness (QED) is 0.927. The second kappa shape index (κ2) is 4.84. The van der Waals surface area contributed by atoms with E-state index in [0.29, 0.717) is 22.4 Å². The Morgan fingerprint density at radius 3 is 2.18 bits per heavy atom. The van der Waals surface area contributed by atoms with Gasteiger partial charge in [0.25, 0.3) is 5.91 Å². The van der Waals surface area contributed by atoms with Crippen LogP contribution in [-0.2, 0) is 0 Å². The zero-order valence-corrected chi connectivity index (χ0v) is 13.8. The Morgan fingerprint density at radius 1 is 1.18 bits per heavy atom. The minimum absolute atomic E-state index is 0.0144. The predicted octanol–water partition coefficient (Wildman–Crippen LogP) is 3.63. The van der Waals surface area contributed by atoms with Crippen molar-refractivity contribution in [2.75, 3.05) is 0 Å². The van der Waals surface area contributed by atoms with Crippen LogP contribution in [0.4, 0.5) is 0 Å². The Morgan fingerprint density at radius 2 is 1.73 bits per heavy atom. The molecule has 1 amide bonds. The van der Waals surface area contributed by atoms with Crippen molar-refractivity contribution in [3.05, 3.63) is 17.0 Å². The number of aromatic nitrogens is 1. The van der Waals surface area contributed by atoms with E-state index >= 15 is 0 Å². The summed E-state index contributed by atoms with van der Waals surface area (Å²) >= 11 is 0. The van der Waals surface area contributed by atoms with Gasteiger partial charge in [-0.1, -0.05) is 5.16 Å². The first-order chi connectivity index (χ1) is 10.5. The van der Waals surface area contributed by atoms with Crippen LogP contribution in [0, 0.1) is 37.0 Å². The van der Waals surface area contributed by atoms with Gasteiger partial charge >= 0.3 is 0 Å². The van der Waals surface area contributed by atoms with E-state index in [1.54, 1.807) is 0 Å². The van der Waals surface area contributed by atoms with Gasteiger partial charge in [0, 0.05) is 6.04 Å². The van der Waals surface area contributed by atoms with E-state index in [2.05, 4.69) is 17.4 Å². The summed E-state index contributed by atoms with van der Waals surface area (Å²) in [6.07, 6.45) is 8.23. The second-order valence-electron chi connectivity index (χ2n) is 8.17. The summed E-state index contributed by atoms with van der Waals surface area (Å²) in [5.41, 5.74) is 1.65. The summed E-state index contributed by atoms with van der Waals surface area (Å²) in [6.45, 7) is 5.86. The number of carbonyl (C=O) groups is 1. The molecule has 4 saturated carbocycles. The highest BCUT2D eigenvalue weighted by atomic mass is 16.5. The number of carbonyl (C=O) groups excluding carboxylic acids is 1. The zero-order valence-electron chi connectivity index (χ0n) is 13.8. The lowest BCUT2D eigenvalue weighted by Gasteiger charge is -2.59. The van der Waals surface area contributed by atoms with Crippen LogP contribution < -0.4 is 5.32 Å². The fourth-order valence-corrected chi connectivity index (χ4v) is 5.94. The lowest BCUT2D eigenvalue weighted by molar-refractivity contribution is -0.0688. The molecule has 0 aromatic carbocycles. The third-order valence-corrected chi connectivity index (χ3v) is 6.61. The maximum absolute atomic E-state index is 12.6. The molecule has 0 saturated heterocycles. The molecule has 22 heavy (non-hydrogen) atoms. The van der Waals surface area contributed by atoms with Crippen molar-refractivity contribution >= 4 is 5.91 Å². The summed E-state index contributed by atoms with van der Waals surface area (Å²) in [7, 11) is 0. The molecule has 0 aliphatic heterocycles. The zero-order chi connectivity index (χ0) is 15.5. The summed E-state index contributed by atoms with van der Waals surface area (Å²) in [4.78, 5) is 12.6. The van der Waals surface area contributed by atoms with Crippen molar-refractivity contribution in [1.82, 2.24) is 10.5 Å². The van der Waals surface area contributed by atoms with E-state index in [-0.39, 0.29) is 11.9 Å². The van der Waals surface area contributed by atoms with Crippen molar-refractivity contribution in [3.8, 4) is 0 Å². The molecule has 4 aliphatic carbocycles. The molecule has 1 atom stereocenters. The Kier molecular flexibility index (Phi) is 3.14. The molecule has 120 valence electrons. The van der Waals surface area contributed by atoms with E-state index in [9.17, 15) is 4.79 Å². The van der Waals surface area contributed by atoms with Crippen molar-refractivity contribution < 1.29 is 9.32 Å². The molecule has 0 unspecified atom stereocenters. The van der Waals surface area contributed by atoms with Gasteiger partial charge in [0.05, 0.1) is 5.69 Å². The van der Waals surface area contributed by atoms with Crippen molar-refractivity contribution in [2.45, 2.75) is 65.3 Å². The molecule has 4 aliphatic rings. The Bertz CT molecular complexity index is 549. The first-order valence-electron chi connectivity index (χ1n) is 8.70. The van der Waals surface area contributed by atoms with Crippen LogP contribution in [-0.4, -0.2) is 17.1 Å². The third-order valence-electron chi connectivity index (χ3n) is 6.61. The van der Waals surface area contributed by atoms with Crippen LogP contribution in [0.1, 0.15) is 67.3 Å². The fraction of sp³-hybridized carbons (Fsp3) is 0.778. The minimum Gasteiger partial charge on any atom is -0.361 e. The monoisotopic (exact) mass is 302 g/mol. The van der Waals surface area contributed by atoms with Crippen LogP contribution in [0.25, 0.3) is 0 Å². The number of hydrogen-bond acceptors (Lipinski definition) is 3. The molecule has 1 heterocycles. The minimum atomic E-state index is -0.0144. The molecular weight excluding hydrogens is 276 g/mol. The Labute approximate surface area is 132 Å². The molecule has 0 spiro atoms.